The molecule has 0 radical (unpaired) electrons. The number of pyridine rings is 1. The third kappa shape index (κ3) is 3.31. The van der Waals surface area contributed by atoms with Crippen molar-refractivity contribution < 1.29 is 4.79 Å². The van der Waals surface area contributed by atoms with Crippen molar-refractivity contribution in [3.05, 3.63) is 72.6 Å². The van der Waals surface area contributed by atoms with E-state index in [9.17, 15) is 4.79 Å². The van der Waals surface area contributed by atoms with Crippen LogP contribution in [0.15, 0.2) is 61.2 Å². The molecule has 1 amide bonds. The highest BCUT2D eigenvalue weighted by Crippen LogP contribution is 2.27. The molecule has 1 N–H and O–H groups in total. The third-order valence-electron chi connectivity index (χ3n) is 4.83. The minimum atomic E-state index is 0.0164. The van der Waals surface area contributed by atoms with Gasteiger partial charge in [0.05, 0.1) is 6.33 Å². The van der Waals surface area contributed by atoms with Gasteiger partial charge in [-0.05, 0) is 24.5 Å². The maximum Gasteiger partial charge on any atom is 0.272 e. The molecule has 1 aliphatic heterocycles. The van der Waals surface area contributed by atoms with E-state index in [1.165, 1.54) is 0 Å². The van der Waals surface area contributed by atoms with Crippen LogP contribution >= 0.6 is 0 Å². The number of nitrogens with zero attached hydrogens (tertiary/aromatic N) is 3. The standard InChI is InChI=1S/C20H20N4O/c25-20(24-10-8-16(9-11-24)19-13-21-14-23-19)18-7-6-17(12-22-18)15-4-2-1-3-5-15/h1-7,12-14,16H,8-11H2,(H,21,23). The van der Waals surface area contributed by atoms with Gasteiger partial charge < -0.3 is 9.88 Å². The SMILES string of the molecule is O=C(c1ccc(-c2ccccc2)cn1)N1CCC(c2cnc[nH]2)CC1. The second-order valence-electron chi connectivity index (χ2n) is 6.37. The first-order valence-electron chi connectivity index (χ1n) is 8.60. The highest BCUT2D eigenvalue weighted by molar-refractivity contribution is 5.92. The Morgan fingerprint density at radius 1 is 1.00 bits per heavy atom. The predicted molar refractivity (Wildman–Crippen MR) is 96.1 cm³/mol. The summed E-state index contributed by atoms with van der Waals surface area (Å²) in [6, 6.07) is 13.9. The first-order valence-corrected chi connectivity index (χ1v) is 8.60. The molecule has 0 spiro atoms. The number of likely N-dealkylation sites (tertiary alicyclic amines) is 1. The molecule has 5 heteroatoms. The molecule has 2 aromatic heterocycles. The lowest BCUT2D eigenvalue weighted by atomic mass is 9.94. The van der Waals surface area contributed by atoms with E-state index in [1.807, 2.05) is 53.6 Å². The van der Waals surface area contributed by atoms with Crippen LogP contribution in [0.4, 0.5) is 0 Å². The smallest absolute Gasteiger partial charge is 0.272 e. The molecule has 126 valence electrons. The number of hydrogen-bond donors (Lipinski definition) is 1. The number of imidazole rings is 1. The maximum atomic E-state index is 12.7. The Kier molecular flexibility index (Phi) is 4.29. The summed E-state index contributed by atoms with van der Waals surface area (Å²) < 4.78 is 0. The Hall–Kier alpha value is -2.95. The molecule has 1 fully saturated rings. The molecule has 1 saturated heterocycles. The number of amides is 1. The monoisotopic (exact) mass is 332 g/mol. The number of piperidine rings is 1. The molecule has 1 aliphatic rings. The number of H-pyrrole nitrogens is 1. The Balaban J connectivity index is 1.41. The molecule has 25 heavy (non-hydrogen) atoms. The summed E-state index contributed by atoms with van der Waals surface area (Å²) in [4.78, 5) is 26.2. The number of aromatic amines is 1. The summed E-state index contributed by atoms with van der Waals surface area (Å²) in [6.07, 6.45) is 7.28. The average molecular weight is 332 g/mol. The van der Waals surface area contributed by atoms with Crippen LogP contribution < -0.4 is 0 Å². The zero-order chi connectivity index (χ0) is 17.1. The van der Waals surface area contributed by atoms with Crippen LogP contribution in [0.2, 0.25) is 0 Å². The molecule has 0 unspecified atom stereocenters. The largest absolute Gasteiger partial charge is 0.348 e. The van der Waals surface area contributed by atoms with E-state index >= 15 is 0 Å². The van der Waals surface area contributed by atoms with Gasteiger partial charge in [0.15, 0.2) is 0 Å². The number of carbonyl (C=O) groups is 1. The lowest BCUT2D eigenvalue weighted by Gasteiger charge is -2.31. The minimum Gasteiger partial charge on any atom is -0.348 e. The molecule has 0 aliphatic carbocycles. The summed E-state index contributed by atoms with van der Waals surface area (Å²) in [7, 11) is 0. The fourth-order valence-electron chi connectivity index (χ4n) is 3.37. The first kappa shape index (κ1) is 15.6. The van der Waals surface area contributed by atoms with Crippen molar-refractivity contribution in [3.63, 3.8) is 0 Å². The fourth-order valence-corrected chi connectivity index (χ4v) is 3.37. The molecular weight excluding hydrogens is 312 g/mol. The van der Waals surface area contributed by atoms with Gasteiger partial charge in [0.25, 0.3) is 5.91 Å². The van der Waals surface area contributed by atoms with Gasteiger partial charge in [0.1, 0.15) is 5.69 Å². The van der Waals surface area contributed by atoms with Crippen LogP contribution in [0.1, 0.15) is 34.9 Å². The van der Waals surface area contributed by atoms with Crippen LogP contribution in [-0.4, -0.2) is 38.8 Å². The van der Waals surface area contributed by atoms with Crippen molar-refractivity contribution in [1.82, 2.24) is 19.9 Å². The first-order chi connectivity index (χ1) is 12.3. The summed E-state index contributed by atoms with van der Waals surface area (Å²) in [5.74, 6) is 0.475. The highest BCUT2D eigenvalue weighted by atomic mass is 16.2. The molecule has 0 bridgehead atoms. The van der Waals surface area contributed by atoms with Crippen molar-refractivity contribution in [3.8, 4) is 11.1 Å². The van der Waals surface area contributed by atoms with Gasteiger partial charge in [0.2, 0.25) is 0 Å². The van der Waals surface area contributed by atoms with E-state index in [0.29, 0.717) is 11.6 Å². The van der Waals surface area contributed by atoms with E-state index in [-0.39, 0.29) is 5.91 Å². The van der Waals surface area contributed by atoms with Crippen LogP contribution in [0.25, 0.3) is 11.1 Å². The van der Waals surface area contributed by atoms with Crippen LogP contribution in [0.3, 0.4) is 0 Å². The van der Waals surface area contributed by atoms with E-state index in [0.717, 1.165) is 42.8 Å². The maximum absolute atomic E-state index is 12.7. The van der Waals surface area contributed by atoms with Crippen molar-refractivity contribution in [2.24, 2.45) is 0 Å². The van der Waals surface area contributed by atoms with E-state index in [4.69, 9.17) is 0 Å². The Morgan fingerprint density at radius 2 is 1.80 bits per heavy atom. The minimum absolute atomic E-state index is 0.0164. The quantitative estimate of drug-likeness (QED) is 0.798. The molecule has 0 atom stereocenters. The summed E-state index contributed by atoms with van der Waals surface area (Å²) >= 11 is 0. The zero-order valence-corrected chi connectivity index (χ0v) is 13.9. The van der Waals surface area contributed by atoms with Crippen molar-refractivity contribution >= 4 is 5.91 Å². The van der Waals surface area contributed by atoms with Crippen molar-refractivity contribution in [2.45, 2.75) is 18.8 Å². The molecule has 3 heterocycles. The Labute approximate surface area is 146 Å². The van der Waals surface area contributed by atoms with Gasteiger partial charge in [-0.25, -0.2) is 4.98 Å². The number of benzene rings is 1. The summed E-state index contributed by atoms with van der Waals surface area (Å²) in [5, 5.41) is 0. The Morgan fingerprint density at radius 3 is 2.44 bits per heavy atom. The fraction of sp³-hybridized carbons (Fsp3) is 0.250. The van der Waals surface area contributed by atoms with E-state index < -0.39 is 0 Å². The van der Waals surface area contributed by atoms with Crippen molar-refractivity contribution in [2.75, 3.05) is 13.1 Å². The lowest BCUT2D eigenvalue weighted by Crippen LogP contribution is -2.38. The second-order valence-corrected chi connectivity index (χ2v) is 6.37. The number of rotatable bonds is 3. The molecule has 5 nitrogen and oxygen atoms in total. The van der Waals surface area contributed by atoms with Gasteiger partial charge in [0, 0.05) is 42.7 Å². The van der Waals surface area contributed by atoms with Crippen LogP contribution in [-0.2, 0) is 0 Å². The Bertz CT molecular complexity index is 820. The number of hydrogen-bond acceptors (Lipinski definition) is 3. The third-order valence-corrected chi connectivity index (χ3v) is 4.83. The van der Waals surface area contributed by atoms with Gasteiger partial charge in [-0.2, -0.15) is 0 Å². The molecule has 0 saturated carbocycles. The van der Waals surface area contributed by atoms with Crippen LogP contribution in [0, 0.1) is 0 Å². The normalized spacial score (nSPS) is 15.3. The number of nitrogens with one attached hydrogen (secondary N) is 1. The van der Waals surface area contributed by atoms with Gasteiger partial charge in [-0.15, -0.1) is 0 Å². The highest BCUT2D eigenvalue weighted by Gasteiger charge is 2.25. The molecule has 4 rings (SSSR count). The zero-order valence-electron chi connectivity index (χ0n) is 13.9. The summed E-state index contributed by atoms with van der Waals surface area (Å²) in [5.41, 5.74) is 3.81. The van der Waals surface area contributed by atoms with Gasteiger partial charge in [-0.3, -0.25) is 9.78 Å². The number of carbonyl (C=O) groups excluding carboxylic acids is 1. The second kappa shape index (κ2) is 6.89. The molecular formula is C20H20N4O. The van der Waals surface area contributed by atoms with Crippen LogP contribution in [0.5, 0.6) is 0 Å². The number of aromatic nitrogens is 3. The summed E-state index contributed by atoms with van der Waals surface area (Å²) in [6.45, 7) is 1.51. The van der Waals surface area contributed by atoms with Gasteiger partial charge >= 0.3 is 0 Å². The molecule has 1 aromatic carbocycles. The van der Waals surface area contributed by atoms with Gasteiger partial charge in [-0.1, -0.05) is 36.4 Å². The average Bonchev–Trinajstić information content (AvgIpc) is 3.23. The van der Waals surface area contributed by atoms with E-state index in [1.54, 1.807) is 12.5 Å². The van der Waals surface area contributed by atoms with E-state index in [2.05, 4.69) is 15.0 Å². The van der Waals surface area contributed by atoms with Crippen molar-refractivity contribution in [1.29, 1.82) is 0 Å². The topological polar surface area (TPSA) is 61.9 Å². The predicted octanol–water partition coefficient (Wildman–Crippen LogP) is 3.49. The lowest BCUT2D eigenvalue weighted by molar-refractivity contribution is 0.0706. The molecule has 3 aromatic rings.